The molecule has 1 rings (SSSR count). The van der Waals surface area contributed by atoms with Gasteiger partial charge in [-0.05, 0) is 31.4 Å². The second-order valence-electron chi connectivity index (χ2n) is 3.23. The Morgan fingerprint density at radius 2 is 2.07 bits per heavy atom. The minimum atomic E-state index is -1.27. The second kappa shape index (κ2) is 6.78. The van der Waals surface area contributed by atoms with Gasteiger partial charge in [-0.2, -0.15) is 0 Å². The van der Waals surface area contributed by atoms with Crippen LogP contribution >= 0.6 is 8.38 Å². The highest BCUT2D eigenvalue weighted by atomic mass is 31.2. The molecule has 0 heterocycles. The van der Waals surface area contributed by atoms with Crippen molar-refractivity contribution in [1.29, 1.82) is 0 Å². The molecule has 0 spiro atoms. The van der Waals surface area contributed by atoms with Crippen molar-refractivity contribution in [1.82, 2.24) is 0 Å². The number of phenols is 1. The molecule has 0 aromatic heterocycles. The van der Waals surface area contributed by atoms with Crippen molar-refractivity contribution in [3.63, 3.8) is 0 Å². The highest BCUT2D eigenvalue weighted by Crippen LogP contribution is 2.32. The average molecular weight is 228 g/mol. The van der Waals surface area contributed by atoms with Crippen LogP contribution in [0, 0.1) is 0 Å². The SMILES string of the molecule is CCOP(O)CCCc1ccccc1O. The first-order valence-corrected chi connectivity index (χ1v) is 6.50. The molecule has 0 aliphatic heterocycles. The summed E-state index contributed by atoms with van der Waals surface area (Å²) in [4.78, 5) is 9.38. The zero-order valence-electron chi connectivity index (χ0n) is 8.89. The van der Waals surface area contributed by atoms with Crippen LogP contribution < -0.4 is 0 Å². The summed E-state index contributed by atoms with van der Waals surface area (Å²) >= 11 is 0. The van der Waals surface area contributed by atoms with Gasteiger partial charge in [0.25, 0.3) is 0 Å². The molecule has 0 saturated carbocycles. The number of aromatic hydroxyl groups is 1. The summed E-state index contributed by atoms with van der Waals surface area (Å²) in [6.07, 6.45) is 2.27. The van der Waals surface area contributed by atoms with Gasteiger partial charge >= 0.3 is 0 Å². The molecular formula is C11H17O3P. The quantitative estimate of drug-likeness (QED) is 0.736. The first kappa shape index (κ1) is 12.4. The van der Waals surface area contributed by atoms with Gasteiger partial charge in [-0.3, -0.25) is 0 Å². The molecule has 0 aliphatic carbocycles. The van der Waals surface area contributed by atoms with Crippen LogP contribution in [0.25, 0.3) is 0 Å². The van der Waals surface area contributed by atoms with E-state index >= 15 is 0 Å². The van der Waals surface area contributed by atoms with Crippen molar-refractivity contribution in [2.75, 3.05) is 12.8 Å². The van der Waals surface area contributed by atoms with Gasteiger partial charge in [0.15, 0.2) is 8.38 Å². The maximum atomic E-state index is 9.49. The lowest BCUT2D eigenvalue weighted by atomic mass is 10.1. The molecule has 0 radical (unpaired) electrons. The van der Waals surface area contributed by atoms with Crippen LogP contribution in [0.3, 0.4) is 0 Å². The Kier molecular flexibility index (Phi) is 5.62. The van der Waals surface area contributed by atoms with E-state index in [0.717, 1.165) is 18.4 Å². The maximum Gasteiger partial charge on any atom is 0.167 e. The molecule has 0 fully saturated rings. The zero-order valence-corrected chi connectivity index (χ0v) is 9.78. The fraction of sp³-hybridized carbons (Fsp3) is 0.455. The molecule has 0 bridgehead atoms. The van der Waals surface area contributed by atoms with Crippen LogP contribution in [0.15, 0.2) is 24.3 Å². The van der Waals surface area contributed by atoms with Gasteiger partial charge in [0.1, 0.15) is 5.75 Å². The van der Waals surface area contributed by atoms with Crippen LogP contribution in [-0.4, -0.2) is 22.8 Å². The lowest BCUT2D eigenvalue weighted by Gasteiger charge is -2.09. The highest BCUT2D eigenvalue weighted by molar-refractivity contribution is 7.46. The van der Waals surface area contributed by atoms with Gasteiger partial charge in [0, 0.05) is 6.16 Å². The largest absolute Gasteiger partial charge is 0.508 e. The third-order valence-corrected chi connectivity index (χ3v) is 3.32. The van der Waals surface area contributed by atoms with Crippen LogP contribution in [-0.2, 0) is 10.9 Å². The van der Waals surface area contributed by atoms with Crippen molar-refractivity contribution in [3.8, 4) is 5.75 Å². The van der Waals surface area contributed by atoms with E-state index in [9.17, 15) is 10.00 Å². The summed E-state index contributed by atoms with van der Waals surface area (Å²) in [5.74, 6) is 0.330. The average Bonchev–Trinajstić information content (AvgIpc) is 2.21. The van der Waals surface area contributed by atoms with Gasteiger partial charge in [-0.15, -0.1) is 0 Å². The summed E-state index contributed by atoms with van der Waals surface area (Å²) in [5.41, 5.74) is 0.928. The van der Waals surface area contributed by atoms with E-state index in [2.05, 4.69) is 0 Å². The molecular weight excluding hydrogens is 211 g/mol. The fourth-order valence-corrected chi connectivity index (χ4v) is 2.20. The number of hydrogen-bond donors (Lipinski definition) is 2. The fourth-order valence-electron chi connectivity index (χ4n) is 1.34. The topological polar surface area (TPSA) is 49.7 Å². The van der Waals surface area contributed by atoms with Crippen molar-refractivity contribution in [3.05, 3.63) is 29.8 Å². The van der Waals surface area contributed by atoms with Crippen LogP contribution in [0.4, 0.5) is 0 Å². The minimum Gasteiger partial charge on any atom is -0.508 e. The lowest BCUT2D eigenvalue weighted by Crippen LogP contribution is -1.93. The summed E-state index contributed by atoms with van der Waals surface area (Å²) in [6, 6.07) is 7.28. The second-order valence-corrected chi connectivity index (χ2v) is 4.64. The van der Waals surface area contributed by atoms with Gasteiger partial charge in [0.05, 0.1) is 6.61 Å². The molecule has 1 aromatic rings. The third kappa shape index (κ3) is 4.61. The lowest BCUT2D eigenvalue weighted by molar-refractivity contribution is 0.329. The maximum absolute atomic E-state index is 9.49. The monoisotopic (exact) mass is 228 g/mol. The van der Waals surface area contributed by atoms with Crippen molar-refractivity contribution in [2.45, 2.75) is 19.8 Å². The van der Waals surface area contributed by atoms with Crippen molar-refractivity contribution < 1.29 is 14.5 Å². The molecule has 1 aromatic carbocycles. The van der Waals surface area contributed by atoms with Crippen molar-refractivity contribution >= 4 is 8.38 Å². The first-order chi connectivity index (χ1) is 7.24. The molecule has 3 nitrogen and oxygen atoms in total. The van der Waals surface area contributed by atoms with E-state index in [0.29, 0.717) is 18.5 Å². The van der Waals surface area contributed by atoms with E-state index in [1.54, 1.807) is 12.1 Å². The van der Waals surface area contributed by atoms with Crippen LogP contribution in [0.5, 0.6) is 5.75 Å². The van der Waals surface area contributed by atoms with Gasteiger partial charge in [-0.1, -0.05) is 18.2 Å². The molecule has 1 atom stereocenters. The first-order valence-electron chi connectivity index (χ1n) is 5.10. The Bertz CT molecular complexity index is 291. The number of para-hydroxylation sites is 1. The summed E-state index contributed by atoms with van der Waals surface area (Å²) in [7, 11) is -1.27. The molecule has 2 N–H and O–H groups in total. The smallest absolute Gasteiger partial charge is 0.167 e. The predicted molar refractivity (Wildman–Crippen MR) is 62.1 cm³/mol. The Hall–Kier alpha value is -0.630. The number of hydrogen-bond acceptors (Lipinski definition) is 3. The van der Waals surface area contributed by atoms with Crippen LogP contribution in [0.2, 0.25) is 0 Å². The van der Waals surface area contributed by atoms with Gasteiger partial charge < -0.3 is 14.5 Å². The Balaban J connectivity index is 2.29. The molecule has 0 saturated heterocycles. The number of benzene rings is 1. The Labute approximate surface area is 91.6 Å². The third-order valence-electron chi connectivity index (χ3n) is 2.07. The molecule has 84 valence electrons. The summed E-state index contributed by atoms with van der Waals surface area (Å²) in [6.45, 7) is 2.42. The predicted octanol–water partition coefficient (Wildman–Crippen LogP) is 2.67. The van der Waals surface area contributed by atoms with Crippen LogP contribution in [0.1, 0.15) is 18.9 Å². The molecule has 15 heavy (non-hydrogen) atoms. The zero-order chi connectivity index (χ0) is 11.1. The van der Waals surface area contributed by atoms with E-state index in [-0.39, 0.29) is 0 Å². The van der Waals surface area contributed by atoms with E-state index in [1.165, 1.54) is 0 Å². The van der Waals surface area contributed by atoms with Gasteiger partial charge in [-0.25, -0.2) is 0 Å². The number of aryl methyl sites for hydroxylation is 1. The molecule has 4 heteroatoms. The number of phenolic OH excluding ortho intramolecular Hbond substituents is 1. The normalized spacial score (nSPS) is 12.7. The van der Waals surface area contributed by atoms with E-state index in [1.807, 2.05) is 19.1 Å². The van der Waals surface area contributed by atoms with E-state index in [4.69, 9.17) is 4.52 Å². The van der Waals surface area contributed by atoms with E-state index < -0.39 is 8.38 Å². The molecule has 0 aliphatic rings. The summed E-state index contributed by atoms with van der Waals surface area (Å²) < 4.78 is 5.07. The molecule has 1 unspecified atom stereocenters. The minimum absolute atomic E-state index is 0.330. The molecule has 0 amide bonds. The Morgan fingerprint density at radius 1 is 1.33 bits per heavy atom. The highest BCUT2D eigenvalue weighted by Gasteiger charge is 2.05. The number of rotatable bonds is 6. The summed E-state index contributed by atoms with van der Waals surface area (Å²) in [5, 5.41) is 9.49. The van der Waals surface area contributed by atoms with Crippen molar-refractivity contribution in [2.24, 2.45) is 0 Å². The van der Waals surface area contributed by atoms with Gasteiger partial charge in [0.2, 0.25) is 0 Å². The Morgan fingerprint density at radius 3 is 2.73 bits per heavy atom. The standard InChI is InChI=1S/C11H17O3P/c1-2-14-15(13)9-5-7-10-6-3-4-8-11(10)12/h3-4,6,8,12-13H,2,5,7,9H2,1H3.